The van der Waals surface area contributed by atoms with Gasteiger partial charge in [-0.3, -0.25) is 0 Å². The predicted molar refractivity (Wildman–Crippen MR) is 88.2 cm³/mol. The van der Waals surface area contributed by atoms with Crippen LogP contribution in [0.4, 0.5) is 0 Å². The number of phenols is 1. The van der Waals surface area contributed by atoms with Crippen LogP contribution in [0.15, 0.2) is 41.5 Å². The second-order valence-corrected chi connectivity index (χ2v) is 5.84. The van der Waals surface area contributed by atoms with Gasteiger partial charge in [0, 0.05) is 17.0 Å². The molecule has 22 heavy (non-hydrogen) atoms. The highest BCUT2D eigenvalue weighted by Crippen LogP contribution is 2.33. The number of rotatable bonds is 3. The van der Waals surface area contributed by atoms with Crippen LogP contribution in [0.2, 0.25) is 10.0 Å². The van der Waals surface area contributed by atoms with Gasteiger partial charge in [-0.1, -0.05) is 29.3 Å². The molecular weight excluding hydrogens is 323 g/mol. The summed E-state index contributed by atoms with van der Waals surface area (Å²) in [5, 5.41) is 15.4. The lowest BCUT2D eigenvalue weighted by Crippen LogP contribution is -2.10. The fraction of sp³-hybridized carbons (Fsp3) is 0.188. The van der Waals surface area contributed by atoms with Crippen LogP contribution in [0.25, 0.3) is 0 Å². The molecule has 0 radical (unpaired) electrons. The molecule has 4 nitrogen and oxygen atoms in total. The Kier molecular flexibility index (Phi) is 4.14. The molecule has 1 aliphatic heterocycles. The van der Waals surface area contributed by atoms with Crippen molar-refractivity contribution in [3.8, 4) is 11.5 Å². The molecule has 1 unspecified atom stereocenters. The van der Waals surface area contributed by atoms with E-state index in [9.17, 15) is 5.11 Å². The van der Waals surface area contributed by atoms with Crippen LogP contribution in [0.3, 0.4) is 0 Å². The van der Waals surface area contributed by atoms with Gasteiger partial charge in [0.05, 0.1) is 23.9 Å². The summed E-state index contributed by atoms with van der Waals surface area (Å²) in [5.41, 5.74) is 5.47. The molecule has 3 rings (SSSR count). The second kappa shape index (κ2) is 6.07. The molecule has 0 saturated heterocycles. The Balaban J connectivity index is 1.82. The zero-order valence-electron chi connectivity index (χ0n) is 11.8. The molecule has 1 aliphatic rings. The maximum absolute atomic E-state index is 9.96. The molecule has 0 fully saturated rings. The van der Waals surface area contributed by atoms with Gasteiger partial charge in [-0.2, -0.15) is 5.10 Å². The topological polar surface area (TPSA) is 53.9 Å². The molecular formula is C16H14Cl2N2O2. The molecule has 0 bridgehead atoms. The normalized spacial score (nSPS) is 17.0. The van der Waals surface area contributed by atoms with Gasteiger partial charge < -0.3 is 15.3 Å². The van der Waals surface area contributed by atoms with Crippen LogP contribution < -0.4 is 10.2 Å². The molecule has 2 aromatic carbocycles. The maximum Gasteiger partial charge on any atom is 0.137 e. The fourth-order valence-corrected chi connectivity index (χ4v) is 2.88. The number of hydrogen-bond donors (Lipinski definition) is 2. The van der Waals surface area contributed by atoms with Gasteiger partial charge >= 0.3 is 0 Å². The number of aromatic hydroxyl groups is 1. The van der Waals surface area contributed by atoms with Gasteiger partial charge in [-0.15, -0.1) is 0 Å². The van der Waals surface area contributed by atoms with Crippen LogP contribution in [0, 0.1) is 0 Å². The number of methoxy groups -OCH3 is 1. The van der Waals surface area contributed by atoms with Gasteiger partial charge in [0.15, 0.2) is 0 Å². The maximum atomic E-state index is 9.96. The van der Waals surface area contributed by atoms with E-state index in [0.717, 1.165) is 11.3 Å². The molecule has 6 heteroatoms. The van der Waals surface area contributed by atoms with Crippen molar-refractivity contribution in [2.45, 2.75) is 12.5 Å². The van der Waals surface area contributed by atoms with E-state index in [1.807, 2.05) is 18.2 Å². The highest BCUT2D eigenvalue weighted by atomic mass is 35.5. The summed E-state index contributed by atoms with van der Waals surface area (Å²) >= 11 is 12.1. The van der Waals surface area contributed by atoms with Crippen LogP contribution in [-0.4, -0.2) is 17.9 Å². The van der Waals surface area contributed by atoms with Gasteiger partial charge in [0.1, 0.15) is 11.5 Å². The number of hydrazone groups is 1. The molecule has 2 aromatic rings. The van der Waals surface area contributed by atoms with E-state index in [2.05, 4.69) is 10.5 Å². The van der Waals surface area contributed by atoms with Gasteiger partial charge in [0.2, 0.25) is 0 Å². The number of ether oxygens (including phenoxy) is 1. The molecule has 0 amide bonds. The Morgan fingerprint density at radius 3 is 2.77 bits per heavy atom. The molecule has 1 atom stereocenters. The summed E-state index contributed by atoms with van der Waals surface area (Å²) in [4.78, 5) is 0. The van der Waals surface area contributed by atoms with Gasteiger partial charge in [0.25, 0.3) is 0 Å². The van der Waals surface area contributed by atoms with E-state index in [-0.39, 0.29) is 11.8 Å². The summed E-state index contributed by atoms with van der Waals surface area (Å²) in [5.74, 6) is 0.801. The summed E-state index contributed by atoms with van der Waals surface area (Å²) in [7, 11) is 1.58. The molecule has 0 aromatic heterocycles. The summed E-state index contributed by atoms with van der Waals surface area (Å²) < 4.78 is 5.15. The lowest BCUT2D eigenvalue weighted by molar-refractivity contribution is 0.414. The number of nitrogens with one attached hydrogen (secondary N) is 1. The first-order valence-corrected chi connectivity index (χ1v) is 7.48. The lowest BCUT2D eigenvalue weighted by atomic mass is 9.98. The third-order valence-electron chi connectivity index (χ3n) is 3.60. The SMILES string of the molecule is COc1ccc(C2CC(c3cc(Cl)ccc3O)=NN2)cc1Cl. The first-order chi connectivity index (χ1) is 10.6. The van der Waals surface area contributed by atoms with Crippen LogP contribution in [-0.2, 0) is 0 Å². The first-order valence-electron chi connectivity index (χ1n) is 6.73. The van der Waals surface area contributed by atoms with Crippen molar-refractivity contribution in [2.75, 3.05) is 7.11 Å². The zero-order valence-corrected chi connectivity index (χ0v) is 13.3. The van der Waals surface area contributed by atoms with Crippen molar-refractivity contribution >= 4 is 28.9 Å². The highest BCUT2D eigenvalue weighted by Gasteiger charge is 2.23. The molecule has 2 N–H and O–H groups in total. The highest BCUT2D eigenvalue weighted by molar-refractivity contribution is 6.32. The third kappa shape index (κ3) is 2.85. The Morgan fingerprint density at radius 1 is 1.23 bits per heavy atom. The first kappa shape index (κ1) is 15.0. The summed E-state index contributed by atoms with van der Waals surface area (Å²) in [6.45, 7) is 0. The number of nitrogens with zero attached hydrogens (tertiary/aromatic N) is 1. The molecule has 0 spiro atoms. The summed E-state index contributed by atoms with van der Waals surface area (Å²) in [6, 6.07) is 10.5. The zero-order chi connectivity index (χ0) is 15.7. The van der Waals surface area contributed by atoms with E-state index in [1.54, 1.807) is 25.3 Å². The van der Waals surface area contributed by atoms with Crippen LogP contribution in [0.1, 0.15) is 23.6 Å². The average molecular weight is 337 g/mol. The minimum Gasteiger partial charge on any atom is -0.507 e. The number of hydrogen-bond acceptors (Lipinski definition) is 4. The Labute approximate surface area is 138 Å². The third-order valence-corrected chi connectivity index (χ3v) is 4.13. The number of benzene rings is 2. The van der Waals surface area contributed by atoms with Crippen LogP contribution in [0.5, 0.6) is 11.5 Å². The van der Waals surface area contributed by atoms with E-state index in [0.29, 0.717) is 27.8 Å². The van der Waals surface area contributed by atoms with E-state index < -0.39 is 0 Å². The predicted octanol–water partition coefficient (Wildman–Crippen LogP) is 4.15. The summed E-state index contributed by atoms with van der Waals surface area (Å²) in [6.07, 6.45) is 0.635. The van der Waals surface area contributed by atoms with Crippen molar-refractivity contribution in [2.24, 2.45) is 5.10 Å². The largest absolute Gasteiger partial charge is 0.507 e. The number of phenolic OH excluding ortho intramolecular Hbond substituents is 1. The lowest BCUT2D eigenvalue weighted by Gasteiger charge is -2.12. The standard InChI is InChI=1S/C16H14Cl2N2O2/c1-22-16-5-2-9(6-12(16)18)13-8-14(20-19-13)11-7-10(17)3-4-15(11)21/h2-7,13,19,21H,8H2,1H3. The van der Waals surface area contributed by atoms with Crippen molar-refractivity contribution < 1.29 is 9.84 Å². The van der Waals surface area contributed by atoms with Crippen molar-refractivity contribution in [1.82, 2.24) is 5.43 Å². The van der Waals surface area contributed by atoms with E-state index in [1.165, 1.54) is 0 Å². The van der Waals surface area contributed by atoms with E-state index >= 15 is 0 Å². The average Bonchev–Trinajstić information content (AvgIpc) is 2.99. The van der Waals surface area contributed by atoms with Crippen molar-refractivity contribution in [1.29, 1.82) is 0 Å². The second-order valence-electron chi connectivity index (χ2n) is 5.00. The Hall–Kier alpha value is -1.91. The van der Waals surface area contributed by atoms with Crippen molar-refractivity contribution in [3.05, 3.63) is 57.6 Å². The quantitative estimate of drug-likeness (QED) is 0.885. The van der Waals surface area contributed by atoms with Gasteiger partial charge in [-0.25, -0.2) is 0 Å². The minimum atomic E-state index is -0.00297. The fourth-order valence-electron chi connectivity index (χ4n) is 2.44. The monoisotopic (exact) mass is 336 g/mol. The molecule has 0 aliphatic carbocycles. The Bertz CT molecular complexity index is 747. The van der Waals surface area contributed by atoms with Gasteiger partial charge in [-0.05, 0) is 35.9 Å². The van der Waals surface area contributed by atoms with E-state index in [4.69, 9.17) is 27.9 Å². The van der Waals surface area contributed by atoms with Crippen LogP contribution >= 0.6 is 23.2 Å². The molecule has 0 saturated carbocycles. The molecule has 114 valence electrons. The molecule has 1 heterocycles. The number of halogens is 2. The minimum absolute atomic E-state index is 0.00297. The van der Waals surface area contributed by atoms with Crippen molar-refractivity contribution in [3.63, 3.8) is 0 Å². The smallest absolute Gasteiger partial charge is 0.137 e. The Morgan fingerprint density at radius 2 is 2.05 bits per heavy atom.